The van der Waals surface area contributed by atoms with Crippen LogP contribution in [0.2, 0.25) is 0 Å². The number of carbonyl (C=O) groups excluding carboxylic acids is 1. The summed E-state index contributed by atoms with van der Waals surface area (Å²) in [5.74, 6) is 0.550. The zero-order valence-corrected chi connectivity index (χ0v) is 12.5. The summed E-state index contributed by atoms with van der Waals surface area (Å²) in [6.07, 6.45) is 2.83. The van der Waals surface area contributed by atoms with Crippen LogP contribution in [0.3, 0.4) is 0 Å². The minimum atomic E-state index is -0.138. The second-order valence-corrected chi connectivity index (χ2v) is 5.93. The molecule has 7 heteroatoms. The van der Waals surface area contributed by atoms with Crippen molar-refractivity contribution in [1.29, 1.82) is 0 Å². The molecular weight excluding hydrogens is 300 g/mol. The van der Waals surface area contributed by atoms with Gasteiger partial charge >= 0.3 is 0 Å². The largest absolute Gasteiger partial charge is 0.482 e. The minimum absolute atomic E-state index is 0.0645. The number of thiazole rings is 1. The molecule has 0 spiro atoms. The maximum Gasteiger partial charge on any atom is 0.262 e. The highest BCUT2D eigenvalue weighted by atomic mass is 32.1. The number of nitrogens with zero attached hydrogens (tertiary/aromatic N) is 2. The Kier molecular flexibility index (Phi) is 3.09. The zero-order chi connectivity index (χ0) is 15.1. The van der Waals surface area contributed by atoms with Gasteiger partial charge < -0.3 is 15.8 Å². The minimum Gasteiger partial charge on any atom is -0.482 e. The van der Waals surface area contributed by atoms with Crippen molar-refractivity contribution < 1.29 is 9.53 Å². The van der Waals surface area contributed by atoms with Crippen LogP contribution in [0.1, 0.15) is 5.69 Å². The van der Waals surface area contributed by atoms with Crippen LogP contribution in [0.15, 0.2) is 29.8 Å². The Morgan fingerprint density at radius 1 is 1.45 bits per heavy atom. The number of amides is 1. The van der Waals surface area contributed by atoms with Gasteiger partial charge in [-0.1, -0.05) is 0 Å². The quantitative estimate of drug-likeness (QED) is 0.773. The Bertz CT molecular complexity index is 868. The molecule has 0 atom stereocenters. The molecule has 1 aliphatic rings. The highest BCUT2D eigenvalue weighted by Crippen LogP contribution is 2.33. The van der Waals surface area contributed by atoms with Crippen molar-refractivity contribution in [2.24, 2.45) is 5.73 Å². The summed E-state index contributed by atoms with van der Waals surface area (Å²) in [5.41, 5.74) is 9.30. The molecule has 0 bridgehead atoms. The standard InChI is InChI=1S/C15H14N4O2S/c16-4-3-10-8-22-15-18-12(6-19(10)15)9-1-2-13-11(5-9)17-14(20)7-21-13/h1-2,5-6,8H,3-4,7,16H2,(H,17,20). The molecule has 3 aromatic rings. The Morgan fingerprint density at radius 2 is 2.36 bits per heavy atom. The second kappa shape index (κ2) is 5.11. The third-order valence-corrected chi connectivity index (χ3v) is 4.48. The normalized spacial score (nSPS) is 13.8. The molecule has 0 fully saturated rings. The first-order valence-electron chi connectivity index (χ1n) is 6.97. The van der Waals surface area contributed by atoms with Crippen molar-refractivity contribution in [3.05, 3.63) is 35.5 Å². The summed E-state index contributed by atoms with van der Waals surface area (Å²) in [7, 11) is 0. The van der Waals surface area contributed by atoms with E-state index in [0.29, 0.717) is 18.0 Å². The van der Waals surface area contributed by atoms with Crippen molar-refractivity contribution in [1.82, 2.24) is 9.38 Å². The van der Waals surface area contributed by atoms with E-state index in [4.69, 9.17) is 10.5 Å². The zero-order valence-electron chi connectivity index (χ0n) is 11.7. The summed E-state index contributed by atoms with van der Waals surface area (Å²) in [6, 6.07) is 5.70. The summed E-state index contributed by atoms with van der Waals surface area (Å²) in [6.45, 7) is 0.677. The maximum atomic E-state index is 11.4. The molecule has 1 aromatic carbocycles. The molecule has 3 heterocycles. The van der Waals surface area contributed by atoms with Crippen LogP contribution in [-0.4, -0.2) is 28.4 Å². The van der Waals surface area contributed by atoms with Crippen LogP contribution >= 0.6 is 11.3 Å². The Hall–Kier alpha value is -2.38. The van der Waals surface area contributed by atoms with Gasteiger partial charge in [-0.2, -0.15) is 0 Å². The molecule has 112 valence electrons. The van der Waals surface area contributed by atoms with Crippen LogP contribution in [-0.2, 0) is 11.2 Å². The molecule has 4 rings (SSSR count). The van der Waals surface area contributed by atoms with Gasteiger partial charge in [0.15, 0.2) is 11.6 Å². The van der Waals surface area contributed by atoms with Gasteiger partial charge in [0.2, 0.25) is 0 Å². The molecule has 0 radical (unpaired) electrons. The molecule has 1 aliphatic heterocycles. The maximum absolute atomic E-state index is 11.4. The molecule has 0 aliphatic carbocycles. The summed E-state index contributed by atoms with van der Waals surface area (Å²) in [5, 5.41) is 4.90. The smallest absolute Gasteiger partial charge is 0.262 e. The average Bonchev–Trinajstić information content (AvgIpc) is 3.09. The van der Waals surface area contributed by atoms with Gasteiger partial charge in [0.05, 0.1) is 11.4 Å². The number of aromatic nitrogens is 2. The fourth-order valence-corrected chi connectivity index (χ4v) is 3.45. The third kappa shape index (κ3) is 2.15. The van der Waals surface area contributed by atoms with Gasteiger partial charge in [-0.25, -0.2) is 4.98 Å². The lowest BCUT2D eigenvalue weighted by molar-refractivity contribution is -0.118. The third-order valence-electron chi connectivity index (χ3n) is 3.59. The van der Waals surface area contributed by atoms with Gasteiger partial charge in [-0.3, -0.25) is 9.20 Å². The van der Waals surface area contributed by atoms with Gasteiger partial charge in [0.25, 0.3) is 5.91 Å². The molecular formula is C15H14N4O2S. The molecule has 2 aromatic heterocycles. The Labute approximate surface area is 130 Å². The van der Waals surface area contributed by atoms with Crippen molar-refractivity contribution in [2.75, 3.05) is 18.5 Å². The van der Waals surface area contributed by atoms with E-state index < -0.39 is 0 Å². The second-order valence-electron chi connectivity index (χ2n) is 5.09. The number of carbonyl (C=O) groups is 1. The van der Waals surface area contributed by atoms with Gasteiger partial charge in [0, 0.05) is 29.3 Å². The summed E-state index contributed by atoms with van der Waals surface area (Å²) >= 11 is 1.60. The fraction of sp³-hybridized carbons (Fsp3) is 0.200. The number of rotatable bonds is 3. The SMILES string of the molecule is NCCc1csc2nc(-c3ccc4c(c3)NC(=O)CO4)cn12. The van der Waals surface area contributed by atoms with Crippen LogP contribution < -0.4 is 15.8 Å². The average molecular weight is 314 g/mol. The van der Waals surface area contributed by atoms with Crippen LogP contribution in [0.4, 0.5) is 5.69 Å². The number of hydrogen-bond acceptors (Lipinski definition) is 5. The molecule has 22 heavy (non-hydrogen) atoms. The number of nitrogens with two attached hydrogens (primary N) is 1. The van der Waals surface area contributed by atoms with E-state index in [1.807, 2.05) is 24.4 Å². The number of ether oxygens (including phenoxy) is 1. The van der Waals surface area contributed by atoms with Crippen molar-refractivity contribution in [3.63, 3.8) is 0 Å². The van der Waals surface area contributed by atoms with E-state index >= 15 is 0 Å². The van der Waals surface area contributed by atoms with Crippen LogP contribution in [0.25, 0.3) is 16.2 Å². The van der Waals surface area contributed by atoms with Crippen LogP contribution in [0, 0.1) is 0 Å². The predicted octanol–water partition coefficient (Wildman–Crippen LogP) is 1.89. The lowest BCUT2D eigenvalue weighted by Gasteiger charge is -2.18. The first-order chi connectivity index (χ1) is 10.7. The van der Waals surface area contributed by atoms with Gasteiger partial charge in [-0.05, 0) is 24.7 Å². The van der Waals surface area contributed by atoms with Crippen molar-refractivity contribution in [2.45, 2.75) is 6.42 Å². The molecule has 1 amide bonds. The summed E-state index contributed by atoms with van der Waals surface area (Å²) in [4.78, 5) is 17.0. The molecule has 3 N–H and O–H groups in total. The highest BCUT2D eigenvalue weighted by Gasteiger charge is 2.17. The van der Waals surface area contributed by atoms with E-state index in [9.17, 15) is 4.79 Å². The lowest BCUT2D eigenvalue weighted by atomic mass is 10.1. The first-order valence-corrected chi connectivity index (χ1v) is 7.85. The van der Waals surface area contributed by atoms with Gasteiger partial charge in [0.1, 0.15) is 5.75 Å². The first kappa shape index (κ1) is 13.3. The van der Waals surface area contributed by atoms with E-state index in [0.717, 1.165) is 28.3 Å². The number of hydrogen-bond donors (Lipinski definition) is 2. The van der Waals surface area contributed by atoms with Crippen molar-refractivity contribution >= 4 is 27.9 Å². The van der Waals surface area contributed by atoms with E-state index in [2.05, 4.69) is 20.1 Å². The predicted molar refractivity (Wildman–Crippen MR) is 85.4 cm³/mol. The monoisotopic (exact) mass is 314 g/mol. The molecule has 0 saturated heterocycles. The fourth-order valence-electron chi connectivity index (χ4n) is 2.54. The lowest BCUT2D eigenvalue weighted by Crippen LogP contribution is -2.25. The van der Waals surface area contributed by atoms with Crippen molar-refractivity contribution in [3.8, 4) is 17.0 Å². The number of anilines is 1. The number of nitrogens with one attached hydrogen (secondary N) is 1. The molecule has 6 nitrogen and oxygen atoms in total. The summed E-state index contributed by atoms with van der Waals surface area (Å²) < 4.78 is 7.44. The molecule has 0 saturated carbocycles. The highest BCUT2D eigenvalue weighted by molar-refractivity contribution is 7.15. The Morgan fingerprint density at radius 3 is 3.23 bits per heavy atom. The number of benzene rings is 1. The van der Waals surface area contributed by atoms with Crippen LogP contribution in [0.5, 0.6) is 5.75 Å². The van der Waals surface area contributed by atoms with E-state index in [1.54, 1.807) is 11.3 Å². The number of imidazole rings is 1. The topological polar surface area (TPSA) is 81.6 Å². The molecule has 0 unspecified atom stereocenters. The van der Waals surface area contributed by atoms with Gasteiger partial charge in [-0.15, -0.1) is 11.3 Å². The number of fused-ring (bicyclic) bond motifs is 2. The van der Waals surface area contributed by atoms with E-state index in [1.165, 1.54) is 0 Å². The Balaban J connectivity index is 1.75. The van der Waals surface area contributed by atoms with E-state index in [-0.39, 0.29) is 12.5 Å².